The molecule has 31 heavy (non-hydrogen) atoms. The van der Waals surface area contributed by atoms with Crippen molar-refractivity contribution in [3.05, 3.63) is 78.0 Å². The van der Waals surface area contributed by atoms with E-state index >= 15 is 0 Å². The fourth-order valence-electron chi connectivity index (χ4n) is 3.77. The van der Waals surface area contributed by atoms with E-state index in [4.69, 9.17) is 4.74 Å². The molecule has 152 valence electrons. The van der Waals surface area contributed by atoms with Gasteiger partial charge in [-0.15, -0.1) is 0 Å². The van der Waals surface area contributed by atoms with Gasteiger partial charge in [0, 0.05) is 32.9 Å². The van der Waals surface area contributed by atoms with E-state index in [1.807, 2.05) is 18.2 Å². The van der Waals surface area contributed by atoms with Crippen LogP contribution in [0.1, 0.15) is 20.8 Å². The van der Waals surface area contributed by atoms with Crippen LogP contribution in [0.25, 0.3) is 32.7 Å². The molecule has 7 nitrogen and oxygen atoms in total. The molecule has 7 heteroatoms. The number of hydrogen-bond donors (Lipinski definition) is 3. The number of nitrogens with one attached hydrogen (secondary N) is 2. The van der Waals surface area contributed by atoms with Gasteiger partial charge in [0.2, 0.25) is 0 Å². The van der Waals surface area contributed by atoms with Crippen molar-refractivity contribution in [2.75, 3.05) is 12.4 Å². The Morgan fingerprint density at radius 2 is 1.77 bits per heavy atom. The number of aromatic amines is 1. The second-order valence-corrected chi connectivity index (χ2v) is 7.10. The molecule has 0 fully saturated rings. The molecule has 2 heterocycles. The van der Waals surface area contributed by atoms with Gasteiger partial charge in [-0.1, -0.05) is 18.2 Å². The highest BCUT2D eigenvalue weighted by Crippen LogP contribution is 2.33. The number of hydrogen-bond acceptors (Lipinski definition) is 4. The maximum atomic E-state index is 12.8. The highest BCUT2D eigenvalue weighted by Gasteiger charge is 2.19. The number of nitrogens with zero attached hydrogens (tertiary/aromatic N) is 1. The van der Waals surface area contributed by atoms with E-state index in [0.717, 1.165) is 10.9 Å². The van der Waals surface area contributed by atoms with Crippen molar-refractivity contribution in [1.82, 2.24) is 9.97 Å². The van der Waals surface area contributed by atoms with Crippen LogP contribution in [0.3, 0.4) is 0 Å². The van der Waals surface area contributed by atoms with Crippen LogP contribution in [-0.4, -0.2) is 34.1 Å². The summed E-state index contributed by atoms with van der Waals surface area (Å²) < 4.78 is 5.13. The normalized spacial score (nSPS) is 11.1. The predicted octanol–water partition coefficient (Wildman–Crippen LogP) is 4.83. The number of methoxy groups -OCH3 is 1. The van der Waals surface area contributed by atoms with Crippen LogP contribution < -0.4 is 10.1 Å². The minimum Gasteiger partial charge on any atom is -0.497 e. The highest BCUT2D eigenvalue weighted by atomic mass is 16.5. The van der Waals surface area contributed by atoms with Gasteiger partial charge in [0.25, 0.3) is 5.91 Å². The molecule has 0 bridgehead atoms. The third-order valence-corrected chi connectivity index (χ3v) is 5.25. The van der Waals surface area contributed by atoms with Crippen LogP contribution in [0.2, 0.25) is 0 Å². The first-order valence-electron chi connectivity index (χ1n) is 9.58. The molecule has 1 amide bonds. The minimum atomic E-state index is -1.12. The van der Waals surface area contributed by atoms with Gasteiger partial charge in [0.05, 0.1) is 18.1 Å². The second kappa shape index (κ2) is 7.14. The summed E-state index contributed by atoms with van der Waals surface area (Å²) in [5, 5.41) is 14.6. The van der Waals surface area contributed by atoms with Crippen molar-refractivity contribution in [2.45, 2.75) is 0 Å². The molecule has 0 aliphatic heterocycles. The summed E-state index contributed by atoms with van der Waals surface area (Å²) in [5.41, 5.74) is 3.00. The number of H-pyrrole nitrogens is 1. The molecule has 0 saturated carbocycles. The third kappa shape index (κ3) is 3.12. The number of carbonyl (C=O) groups is 2. The lowest BCUT2D eigenvalue weighted by Crippen LogP contribution is -2.11. The van der Waals surface area contributed by atoms with Crippen molar-refractivity contribution in [3.8, 4) is 5.75 Å². The number of carboxylic acid groups (broad SMARTS) is 1. The number of anilines is 1. The molecular formula is C24H17N3O4. The second-order valence-electron chi connectivity index (χ2n) is 7.10. The summed E-state index contributed by atoms with van der Waals surface area (Å²) in [4.78, 5) is 32.4. The average molecular weight is 411 g/mol. The van der Waals surface area contributed by atoms with E-state index in [0.29, 0.717) is 38.8 Å². The first-order valence-corrected chi connectivity index (χ1v) is 9.58. The number of ether oxygens (including phenoxy) is 1. The zero-order valence-electron chi connectivity index (χ0n) is 16.5. The number of pyridine rings is 1. The van der Waals surface area contributed by atoms with Crippen molar-refractivity contribution < 1.29 is 19.4 Å². The van der Waals surface area contributed by atoms with E-state index in [1.165, 1.54) is 0 Å². The van der Waals surface area contributed by atoms with E-state index in [-0.39, 0.29) is 11.6 Å². The molecule has 3 aromatic carbocycles. The van der Waals surface area contributed by atoms with Crippen LogP contribution in [0.4, 0.5) is 5.69 Å². The summed E-state index contributed by atoms with van der Waals surface area (Å²) in [6.45, 7) is 0. The monoisotopic (exact) mass is 411 g/mol. The van der Waals surface area contributed by atoms with Crippen LogP contribution in [-0.2, 0) is 0 Å². The lowest BCUT2D eigenvalue weighted by molar-refractivity contribution is 0.0693. The predicted molar refractivity (Wildman–Crippen MR) is 119 cm³/mol. The molecule has 0 unspecified atom stereocenters. The number of amides is 1. The zero-order chi connectivity index (χ0) is 21.5. The number of para-hydroxylation sites is 1. The standard InChI is InChI=1S/C24H17N3O4/c1-31-15-9-7-14(8-10-15)25-23(28)13-6-11-19-17(12-13)20-21(26-19)16-4-2-3-5-18(16)27-22(20)24(29)30/h2-12,26H,1H3,(H,25,28)(H,29,30). The van der Waals surface area contributed by atoms with E-state index in [2.05, 4.69) is 15.3 Å². The molecule has 5 rings (SSSR count). The van der Waals surface area contributed by atoms with Gasteiger partial charge in [-0.05, 0) is 48.5 Å². The van der Waals surface area contributed by atoms with E-state index in [9.17, 15) is 14.7 Å². The van der Waals surface area contributed by atoms with E-state index < -0.39 is 5.97 Å². The molecule has 0 aliphatic rings. The van der Waals surface area contributed by atoms with Gasteiger partial charge in [-0.2, -0.15) is 0 Å². The first-order chi connectivity index (χ1) is 15.0. The number of carboxylic acids is 1. The maximum Gasteiger partial charge on any atom is 0.355 e. The third-order valence-electron chi connectivity index (χ3n) is 5.25. The van der Waals surface area contributed by atoms with Crippen molar-refractivity contribution in [3.63, 3.8) is 0 Å². The number of rotatable bonds is 4. The molecule has 0 aliphatic carbocycles. The van der Waals surface area contributed by atoms with Crippen LogP contribution >= 0.6 is 0 Å². The summed E-state index contributed by atoms with van der Waals surface area (Å²) >= 11 is 0. The molecule has 0 saturated heterocycles. The topological polar surface area (TPSA) is 104 Å². The Morgan fingerprint density at radius 1 is 1.00 bits per heavy atom. The Balaban J connectivity index is 1.64. The van der Waals surface area contributed by atoms with Crippen molar-refractivity contribution >= 4 is 50.3 Å². The number of fused-ring (bicyclic) bond motifs is 5. The lowest BCUT2D eigenvalue weighted by Gasteiger charge is -2.07. The molecular weight excluding hydrogens is 394 g/mol. The SMILES string of the molecule is COc1ccc(NC(=O)c2ccc3[nH]c4c5ccccc5nc(C(=O)O)c4c3c2)cc1. The molecule has 0 spiro atoms. The van der Waals surface area contributed by atoms with Gasteiger partial charge in [0.15, 0.2) is 5.69 Å². The Hall–Kier alpha value is -4.39. The zero-order valence-corrected chi connectivity index (χ0v) is 16.5. The number of aromatic carboxylic acids is 1. The van der Waals surface area contributed by atoms with Crippen LogP contribution in [0, 0.1) is 0 Å². The van der Waals surface area contributed by atoms with Crippen molar-refractivity contribution in [2.24, 2.45) is 0 Å². The van der Waals surface area contributed by atoms with Gasteiger partial charge in [0.1, 0.15) is 5.75 Å². The van der Waals surface area contributed by atoms with Crippen LogP contribution in [0.15, 0.2) is 66.7 Å². The average Bonchev–Trinajstić information content (AvgIpc) is 3.18. The largest absolute Gasteiger partial charge is 0.497 e. The van der Waals surface area contributed by atoms with Gasteiger partial charge >= 0.3 is 5.97 Å². The Morgan fingerprint density at radius 3 is 2.52 bits per heavy atom. The summed E-state index contributed by atoms with van der Waals surface area (Å²) in [6.07, 6.45) is 0. The molecule has 0 radical (unpaired) electrons. The van der Waals surface area contributed by atoms with Gasteiger partial charge in [-0.3, -0.25) is 4.79 Å². The van der Waals surface area contributed by atoms with Crippen LogP contribution in [0.5, 0.6) is 5.75 Å². The molecule has 3 N–H and O–H groups in total. The number of benzene rings is 3. The fourth-order valence-corrected chi connectivity index (χ4v) is 3.77. The quantitative estimate of drug-likeness (QED) is 0.393. The molecule has 2 aromatic heterocycles. The smallest absolute Gasteiger partial charge is 0.355 e. The Kier molecular flexibility index (Phi) is 4.29. The number of carbonyl (C=O) groups excluding carboxylic acids is 1. The minimum absolute atomic E-state index is 0.0485. The van der Waals surface area contributed by atoms with Gasteiger partial charge in [-0.25, -0.2) is 9.78 Å². The summed E-state index contributed by atoms with van der Waals surface area (Å²) in [7, 11) is 1.58. The fraction of sp³-hybridized carbons (Fsp3) is 0.0417. The van der Waals surface area contributed by atoms with E-state index in [1.54, 1.807) is 55.6 Å². The van der Waals surface area contributed by atoms with Crippen molar-refractivity contribution in [1.29, 1.82) is 0 Å². The molecule has 5 aromatic rings. The molecule has 0 atom stereocenters. The number of aromatic nitrogens is 2. The highest BCUT2D eigenvalue weighted by molar-refractivity contribution is 6.22. The summed E-state index contributed by atoms with van der Waals surface area (Å²) in [6, 6.07) is 19.5. The van der Waals surface area contributed by atoms with Gasteiger partial charge < -0.3 is 20.1 Å². The lowest BCUT2D eigenvalue weighted by atomic mass is 10.1. The maximum absolute atomic E-state index is 12.8. The first kappa shape index (κ1) is 18.6. The summed E-state index contributed by atoms with van der Waals surface area (Å²) in [5.74, 6) is -0.726. The Labute approximate surface area is 176 Å². The Bertz CT molecular complexity index is 1490.